The summed E-state index contributed by atoms with van der Waals surface area (Å²) in [6.45, 7) is 30.2. The number of hydrogen-bond acceptors (Lipinski definition) is 0. The van der Waals surface area contributed by atoms with Crippen molar-refractivity contribution in [3.05, 3.63) is 69.8 Å². The molecule has 0 spiro atoms. The van der Waals surface area contributed by atoms with Gasteiger partial charge in [0.2, 0.25) is 0 Å². The first-order valence-electron chi connectivity index (χ1n) is 11.9. The number of rotatable bonds is 4. The van der Waals surface area contributed by atoms with Gasteiger partial charge < -0.3 is 0 Å². The van der Waals surface area contributed by atoms with E-state index in [1.807, 2.05) is 41.5 Å². The molecule has 0 N–H and O–H groups in total. The first-order chi connectivity index (χ1) is 13.6. The van der Waals surface area contributed by atoms with Gasteiger partial charge in [-0.1, -0.05) is 127 Å². The van der Waals surface area contributed by atoms with Gasteiger partial charge in [-0.25, -0.2) is 0 Å². The number of hydrogen-bond donors (Lipinski definition) is 0. The van der Waals surface area contributed by atoms with Gasteiger partial charge in [0.25, 0.3) is 0 Å². The molecule has 0 nitrogen and oxygen atoms in total. The van der Waals surface area contributed by atoms with Crippen LogP contribution in [0.15, 0.2) is 36.4 Å². The van der Waals surface area contributed by atoms with Crippen LogP contribution in [-0.4, -0.2) is 0 Å². The van der Waals surface area contributed by atoms with Gasteiger partial charge in [-0.3, -0.25) is 0 Å². The highest BCUT2D eigenvalue weighted by molar-refractivity contribution is 5.45. The summed E-state index contributed by atoms with van der Waals surface area (Å²) in [5, 5.41) is 0. The van der Waals surface area contributed by atoms with E-state index in [2.05, 4.69) is 91.8 Å². The van der Waals surface area contributed by atoms with Crippen LogP contribution < -0.4 is 0 Å². The van der Waals surface area contributed by atoms with E-state index < -0.39 is 0 Å². The zero-order valence-corrected chi connectivity index (χ0v) is 22.1. The largest absolute Gasteiger partial charge is 0.0776 e. The van der Waals surface area contributed by atoms with Crippen molar-refractivity contribution < 1.29 is 0 Å². The van der Waals surface area contributed by atoms with Crippen LogP contribution in [-0.2, 0) is 5.41 Å². The normalized spacial score (nSPS) is 10.0. The molecular weight excluding hydrogens is 360 g/mol. The molecule has 0 bridgehead atoms. The fourth-order valence-electron chi connectivity index (χ4n) is 3.47. The fourth-order valence-corrected chi connectivity index (χ4v) is 3.47. The Bertz CT molecular complexity index is 628. The van der Waals surface area contributed by atoms with Gasteiger partial charge in [-0.05, 0) is 59.1 Å². The summed E-state index contributed by atoms with van der Waals surface area (Å²) in [6.07, 6.45) is 0. The second-order valence-corrected chi connectivity index (χ2v) is 8.08. The van der Waals surface area contributed by atoms with Crippen molar-refractivity contribution >= 4 is 0 Å². The minimum absolute atomic E-state index is 0. The maximum Gasteiger partial charge on any atom is 0.0146 e. The van der Waals surface area contributed by atoms with Crippen LogP contribution in [0.5, 0.6) is 0 Å². The average Bonchev–Trinajstić information content (AvgIpc) is 2.72. The number of benzene rings is 2. The molecule has 2 aromatic carbocycles. The van der Waals surface area contributed by atoms with Crippen LogP contribution >= 0.6 is 0 Å². The van der Waals surface area contributed by atoms with Crippen molar-refractivity contribution in [3.8, 4) is 0 Å². The predicted octanol–water partition coefficient (Wildman–Crippen LogP) is 10.6. The van der Waals surface area contributed by atoms with Crippen LogP contribution in [0, 0.1) is 13.8 Å². The van der Waals surface area contributed by atoms with Crippen molar-refractivity contribution in [2.45, 2.75) is 122 Å². The van der Waals surface area contributed by atoms with Crippen molar-refractivity contribution in [1.29, 1.82) is 0 Å². The van der Waals surface area contributed by atoms with Gasteiger partial charge in [0.1, 0.15) is 0 Å². The quantitative estimate of drug-likeness (QED) is 0.466. The molecule has 0 aromatic heterocycles. The highest BCUT2D eigenvalue weighted by atomic mass is 14.3. The topological polar surface area (TPSA) is 0 Å². The Morgan fingerprint density at radius 3 is 1.07 bits per heavy atom. The summed E-state index contributed by atoms with van der Waals surface area (Å²) in [6, 6.07) is 14.0. The Kier molecular flexibility index (Phi) is 17.8. The molecule has 174 valence electrons. The van der Waals surface area contributed by atoms with Gasteiger partial charge >= 0.3 is 0 Å². The molecule has 30 heavy (non-hydrogen) atoms. The summed E-state index contributed by atoms with van der Waals surface area (Å²) in [5.74, 6) is 1.13. The molecule has 0 aliphatic heterocycles. The summed E-state index contributed by atoms with van der Waals surface area (Å²) in [5.41, 5.74) is 8.56. The van der Waals surface area contributed by atoms with Crippen molar-refractivity contribution in [1.82, 2.24) is 0 Å². The fraction of sp³-hybridized carbons (Fsp3) is 0.600. The molecule has 2 aromatic rings. The van der Waals surface area contributed by atoms with E-state index in [1.54, 1.807) is 0 Å². The summed E-state index contributed by atoms with van der Waals surface area (Å²) < 4.78 is 0. The van der Waals surface area contributed by atoms with Gasteiger partial charge in [-0.15, -0.1) is 0 Å². The van der Waals surface area contributed by atoms with E-state index in [0.29, 0.717) is 11.8 Å². The summed E-state index contributed by atoms with van der Waals surface area (Å²) in [7, 11) is 0. The maximum atomic E-state index is 2.41. The Morgan fingerprint density at radius 1 is 0.567 bits per heavy atom. The highest BCUT2D eigenvalue weighted by Gasteiger charge is 2.25. The lowest BCUT2D eigenvalue weighted by Crippen LogP contribution is -2.20. The SMILES string of the molecule is C.CC.CC.CC.Cc1ccc(C(C)(C)c2ccc(C)c(C(C)C)c2)cc1C(C)C. The van der Waals surface area contributed by atoms with Crippen LogP contribution in [0.2, 0.25) is 0 Å². The van der Waals surface area contributed by atoms with E-state index in [0.717, 1.165) is 0 Å². The van der Waals surface area contributed by atoms with Gasteiger partial charge in [0, 0.05) is 5.41 Å². The molecule has 0 saturated carbocycles. The third-order valence-corrected chi connectivity index (χ3v) is 5.25. The lowest BCUT2D eigenvalue weighted by Gasteiger charge is -2.29. The van der Waals surface area contributed by atoms with Crippen molar-refractivity contribution in [2.24, 2.45) is 0 Å². The first kappa shape index (κ1) is 33.1. The predicted molar refractivity (Wildman–Crippen MR) is 143 cm³/mol. The summed E-state index contributed by atoms with van der Waals surface area (Å²) >= 11 is 0. The Hall–Kier alpha value is -1.56. The van der Waals surface area contributed by atoms with Crippen LogP contribution in [0.3, 0.4) is 0 Å². The molecule has 0 atom stereocenters. The molecule has 0 unspecified atom stereocenters. The van der Waals surface area contributed by atoms with Crippen LogP contribution in [0.25, 0.3) is 0 Å². The zero-order chi connectivity index (χ0) is 23.4. The second-order valence-electron chi connectivity index (χ2n) is 8.08. The van der Waals surface area contributed by atoms with Gasteiger partial charge in [-0.2, -0.15) is 0 Å². The standard InChI is InChI=1S/C23H32.3C2H6.CH4/c1-15(2)21-13-19(11-9-17(21)5)23(7,8)20-12-10-18(6)22(14-20)16(3)4;3*1-2;/h9-16H,1-8H3;3*1-2H3;1H4. The van der Waals surface area contributed by atoms with Crippen molar-refractivity contribution in [3.63, 3.8) is 0 Å². The number of aryl methyl sites for hydroxylation is 2. The van der Waals surface area contributed by atoms with Crippen molar-refractivity contribution in [2.75, 3.05) is 0 Å². The molecule has 2 rings (SSSR count). The highest BCUT2D eigenvalue weighted by Crippen LogP contribution is 2.35. The van der Waals surface area contributed by atoms with Gasteiger partial charge in [0.15, 0.2) is 0 Å². The van der Waals surface area contributed by atoms with E-state index in [1.165, 1.54) is 33.4 Å². The van der Waals surface area contributed by atoms with E-state index in [9.17, 15) is 0 Å². The van der Waals surface area contributed by atoms with Crippen LogP contribution in [0.4, 0.5) is 0 Å². The minimum atomic E-state index is 0. The molecule has 0 fully saturated rings. The van der Waals surface area contributed by atoms with E-state index >= 15 is 0 Å². The molecule has 0 amide bonds. The Labute approximate surface area is 191 Å². The minimum Gasteiger partial charge on any atom is -0.0776 e. The lowest BCUT2D eigenvalue weighted by molar-refractivity contribution is 0.635. The molecule has 0 aliphatic rings. The molecule has 0 aliphatic carbocycles. The maximum absolute atomic E-state index is 2.41. The molecule has 0 heteroatoms. The molecule has 0 radical (unpaired) electrons. The lowest BCUT2D eigenvalue weighted by atomic mass is 9.75. The Morgan fingerprint density at radius 2 is 0.833 bits per heavy atom. The third kappa shape index (κ3) is 8.66. The van der Waals surface area contributed by atoms with E-state index in [-0.39, 0.29) is 12.8 Å². The second kappa shape index (κ2) is 16.2. The first-order valence-corrected chi connectivity index (χ1v) is 11.9. The van der Waals surface area contributed by atoms with Crippen LogP contribution in [0.1, 0.15) is 136 Å². The third-order valence-electron chi connectivity index (χ3n) is 5.25. The molecular formula is C30H54. The molecule has 0 saturated heterocycles. The summed E-state index contributed by atoms with van der Waals surface area (Å²) in [4.78, 5) is 0. The average molecular weight is 415 g/mol. The Balaban J connectivity index is -0.000000955. The smallest absolute Gasteiger partial charge is 0.0146 e. The zero-order valence-electron chi connectivity index (χ0n) is 22.1. The van der Waals surface area contributed by atoms with E-state index in [4.69, 9.17) is 0 Å². The van der Waals surface area contributed by atoms with Gasteiger partial charge in [0.05, 0.1) is 0 Å². The molecule has 0 heterocycles. The monoisotopic (exact) mass is 414 g/mol.